The normalized spacial score (nSPS) is 12.0. The standard InChI is InChI=1S/C16H23NO2/c1-6-11-19-14-10-8-7-9-13(14)12-17-15(2,3)16(4,5)18/h1,7-10,17-18H,11-12H2,2-5H3. The Hall–Kier alpha value is -1.50. The Bertz CT molecular complexity index is 453. The number of benzene rings is 1. The van der Waals surface area contributed by atoms with Gasteiger partial charge >= 0.3 is 0 Å². The molecule has 3 heteroatoms. The minimum absolute atomic E-state index is 0.256. The molecular weight excluding hydrogens is 238 g/mol. The van der Waals surface area contributed by atoms with Crippen molar-refractivity contribution in [2.75, 3.05) is 6.61 Å². The Morgan fingerprint density at radius 1 is 1.26 bits per heavy atom. The molecule has 0 radical (unpaired) electrons. The molecule has 0 unspecified atom stereocenters. The summed E-state index contributed by atoms with van der Waals surface area (Å²) in [6, 6.07) is 7.75. The van der Waals surface area contributed by atoms with Crippen LogP contribution in [0.1, 0.15) is 33.3 Å². The lowest BCUT2D eigenvalue weighted by atomic mass is 9.86. The van der Waals surface area contributed by atoms with E-state index in [0.717, 1.165) is 11.3 Å². The van der Waals surface area contributed by atoms with Gasteiger partial charge in [0.05, 0.1) is 5.60 Å². The molecule has 0 amide bonds. The monoisotopic (exact) mass is 261 g/mol. The predicted octanol–water partition coefficient (Wildman–Crippen LogP) is 2.34. The van der Waals surface area contributed by atoms with Gasteiger partial charge in [0.2, 0.25) is 0 Å². The van der Waals surface area contributed by atoms with Crippen LogP contribution in [0, 0.1) is 12.3 Å². The Morgan fingerprint density at radius 2 is 1.89 bits per heavy atom. The molecule has 0 aliphatic carbocycles. The summed E-state index contributed by atoms with van der Waals surface area (Å²) in [7, 11) is 0. The first kappa shape index (κ1) is 15.6. The fourth-order valence-corrected chi connectivity index (χ4v) is 1.44. The second kappa shape index (κ2) is 6.10. The molecule has 1 aromatic rings. The lowest BCUT2D eigenvalue weighted by Crippen LogP contribution is -2.55. The first-order valence-corrected chi connectivity index (χ1v) is 6.39. The van der Waals surface area contributed by atoms with E-state index in [1.54, 1.807) is 13.8 Å². The Balaban J connectivity index is 2.76. The third-order valence-electron chi connectivity index (χ3n) is 3.53. The highest BCUT2D eigenvalue weighted by Crippen LogP contribution is 2.23. The van der Waals surface area contributed by atoms with Crippen molar-refractivity contribution in [1.29, 1.82) is 0 Å². The van der Waals surface area contributed by atoms with Crippen LogP contribution in [0.15, 0.2) is 24.3 Å². The number of aliphatic hydroxyl groups is 1. The Morgan fingerprint density at radius 3 is 2.47 bits per heavy atom. The van der Waals surface area contributed by atoms with E-state index in [1.807, 2.05) is 38.1 Å². The van der Waals surface area contributed by atoms with Gasteiger partial charge in [-0.3, -0.25) is 0 Å². The average molecular weight is 261 g/mol. The first-order chi connectivity index (χ1) is 8.78. The van der Waals surface area contributed by atoms with Crippen LogP contribution in [0.2, 0.25) is 0 Å². The molecule has 0 aromatic heterocycles. The molecule has 0 spiro atoms. The molecule has 1 rings (SSSR count). The largest absolute Gasteiger partial charge is 0.481 e. The molecule has 0 fully saturated rings. The molecule has 0 saturated heterocycles. The van der Waals surface area contributed by atoms with Gasteiger partial charge < -0.3 is 15.2 Å². The zero-order valence-corrected chi connectivity index (χ0v) is 12.2. The summed E-state index contributed by atoms with van der Waals surface area (Å²) >= 11 is 0. The van der Waals surface area contributed by atoms with Crippen molar-refractivity contribution in [2.45, 2.75) is 45.4 Å². The van der Waals surface area contributed by atoms with Crippen LogP contribution in [-0.4, -0.2) is 22.9 Å². The summed E-state index contributed by atoms with van der Waals surface area (Å²) in [6.07, 6.45) is 5.20. The highest BCUT2D eigenvalue weighted by atomic mass is 16.5. The number of rotatable bonds is 6. The molecule has 104 valence electrons. The quantitative estimate of drug-likeness (QED) is 0.772. The predicted molar refractivity (Wildman–Crippen MR) is 78.0 cm³/mol. The summed E-state index contributed by atoms with van der Waals surface area (Å²) in [6.45, 7) is 8.39. The third-order valence-corrected chi connectivity index (χ3v) is 3.53. The lowest BCUT2D eigenvalue weighted by Gasteiger charge is -2.38. The van der Waals surface area contributed by atoms with Crippen molar-refractivity contribution in [3.8, 4) is 18.1 Å². The number of hydrogen-bond donors (Lipinski definition) is 2. The molecule has 0 saturated carbocycles. The zero-order valence-electron chi connectivity index (χ0n) is 12.2. The van der Waals surface area contributed by atoms with Gasteiger partial charge in [0, 0.05) is 17.6 Å². The highest BCUT2D eigenvalue weighted by Gasteiger charge is 2.34. The molecule has 0 heterocycles. The van der Waals surface area contributed by atoms with Gasteiger partial charge in [-0.05, 0) is 33.8 Å². The number of hydrogen-bond acceptors (Lipinski definition) is 3. The molecule has 0 bridgehead atoms. The number of terminal acetylenes is 1. The third kappa shape index (κ3) is 4.27. The van der Waals surface area contributed by atoms with E-state index in [0.29, 0.717) is 6.54 Å². The maximum Gasteiger partial charge on any atom is 0.148 e. The van der Waals surface area contributed by atoms with Crippen LogP contribution >= 0.6 is 0 Å². The molecule has 0 aliphatic heterocycles. The van der Waals surface area contributed by atoms with Crippen LogP contribution in [-0.2, 0) is 6.54 Å². The molecule has 19 heavy (non-hydrogen) atoms. The first-order valence-electron chi connectivity index (χ1n) is 6.39. The van der Waals surface area contributed by atoms with E-state index in [9.17, 15) is 5.11 Å². The van der Waals surface area contributed by atoms with Crippen molar-refractivity contribution in [2.24, 2.45) is 0 Å². The second-order valence-corrected chi connectivity index (χ2v) is 5.64. The summed E-state index contributed by atoms with van der Waals surface area (Å²) < 4.78 is 5.50. The maximum absolute atomic E-state index is 10.1. The summed E-state index contributed by atoms with van der Waals surface area (Å²) in [5, 5.41) is 13.5. The molecule has 1 aromatic carbocycles. The lowest BCUT2D eigenvalue weighted by molar-refractivity contribution is -0.00540. The van der Waals surface area contributed by atoms with Crippen molar-refractivity contribution in [3.05, 3.63) is 29.8 Å². The van der Waals surface area contributed by atoms with Gasteiger partial charge in [0.1, 0.15) is 12.4 Å². The van der Waals surface area contributed by atoms with Crippen LogP contribution in [0.25, 0.3) is 0 Å². The Kier molecular flexibility index (Phi) is 4.99. The van der Waals surface area contributed by atoms with Gasteiger partial charge in [0.25, 0.3) is 0 Å². The van der Waals surface area contributed by atoms with Gasteiger partial charge in [0.15, 0.2) is 0 Å². The summed E-state index contributed by atoms with van der Waals surface area (Å²) in [5.41, 5.74) is -0.205. The number of ether oxygens (including phenoxy) is 1. The summed E-state index contributed by atoms with van der Waals surface area (Å²) in [5.74, 6) is 3.23. The Labute approximate surface area is 116 Å². The van der Waals surface area contributed by atoms with E-state index >= 15 is 0 Å². The smallest absolute Gasteiger partial charge is 0.148 e. The van der Waals surface area contributed by atoms with E-state index in [2.05, 4.69) is 11.2 Å². The van der Waals surface area contributed by atoms with E-state index in [1.165, 1.54) is 0 Å². The zero-order chi connectivity index (χ0) is 14.5. The van der Waals surface area contributed by atoms with Crippen molar-refractivity contribution in [3.63, 3.8) is 0 Å². The van der Waals surface area contributed by atoms with E-state index in [4.69, 9.17) is 11.2 Å². The molecule has 3 nitrogen and oxygen atoms in total. The maximum atomic E-state index is 10.1. The highest BCUT2D eigenvalue weighted by molar-refractivity contribution is 5.33. The number of para-hydroxylation sites is 1. The molecular formula is C16H23NO2. The molecule has 2 N–H and O–H groups in total. The fourth-order valence-electron chi connectivity index (χ4n) is 1.44. The van der Waals surface area contributed by atoms with Crippen molar-refractivity contribution in [1.82, 2.24) is 5.32 Å². The topological polar surface area (TPSA) is 41.5 Å². The van der Waals surface area contributed by atoms with Crippen LogP contribution in [0.5, 0.6) is 5.75 Å². The summed E-state index contributed by atoms with van der Waals surface area (Å²) in [4.78, 5) is 0. The van der Waals surface area contributed by atoms with E-state index in [-0.39, 0.29) is 6.61 Å². The fraction of sp³-hybridized carbons (Fsp3) is 0.500. The molecule has 0 atom stereocenters. The minimum atomic E-state index is -0.818. The SMILES string of the molecule is C#CCOc1ccccc1CNC(C)(C)C(C)(C)O. The van der Waals surface area contributed by atoms with Crippen molar-refractivity contribution < 1.29 is 9.84 Å². The van der Waals surface area contributed by atoms with Crippen LogP contribution < -0.4 is 10.1 Å². The van der Waals surface area contributed by atoms with Crippen molar-refractivity contribution >= 4 is 0 Å². The van der Waals surface area contributed by atoms with Gasteiger partial charge in [-0.2, -0.15) is 0 Å². The number of nitrogens with one attached hydrogen (secondary N) is 1. The second-order valence-electron chi connectivity index (χ2n) is 5.64. The van der Waals surface area contributed by atoms with Gasteiger partial charge in [-0.1, -0.05) is 24.1 Å². The van der Waals surface area contributed by atoms with Gasteiger partial charge in [-0.15, -0.1) is 6.42 Å². The van der Waals surface area contributed by atoms with E-state index < -0.39 is 11.1 Å². The minimum Gasteiger partial charge on any atom is -0.481 e. The van der Waals surface area contributed by atoms with Crippen LogP contribution in [0.3, 0.4) is 0 Å². The molecule has 0 aliphatic rings. The van der Waals surface area contributed by atoms with Gasteiger partial charge in [-0.25, -0.2) is 0 Å². The van der Waals surface area contributed by atoms with Crippen LogP contribution in [0.4, 0.5) is 0 Å². The average Bonchev–Trinajstić information content (AvgIpc) is 2.33.